The summed E-state index contributed by atoms with van der Waals surface area (Å²) in [7, 11) is 0. The summed E-state index contributed by atoms with van der Waals surface area (Å²) in [4.78, 5) is 41.7. The Hall–Kier alpha value is -3.62. The predicted molar refractivity (Wildman–Crippen MR) is 133 cm³/mol. The van der Waals surface area contributed by atoms with Crippen LogP contribution in [0.2, 0.25) is 0 Å². The van der Waals surface area contributed by atoms with Crippen molar-refractivity contribution in [1.82, 2.24) is 15.5 Å². The molecule has 0 aromatic heterocycles. The number of halogens is 1. The first-order valence-electron chi connectivity index (χ1n) is 12.1. The molecule has 1 saturated carbocycles. The van der Waals surface area contributed by atoms with Gasteiger partial charge in [-0.2, -0.15) is 0 Å². The molecule has 9 heteroatoms. The molecule has 0 bridgehead atoms. The Morgan fingerprint density at radius 1 is 1.00 bits per heavy atom. The molecular weight excluding hydrogens is 449 g/mol. The fraction of sp³-hybridized carbons (Fsp3) is 0.423. The first kappa shape index (κ1) is 24.5. The summed E-state index contributed by atoms with van der Waals surface area (Å²) in [6, 6.07) is 11.3. The van der Waals surface area contributed by atoms with Crippen molar-refractivity contribution in [3.63, 3.8) is 0 Å². The number of nitrogens with zero attached hydrogens (tertiary/aromatic N) is 2. The van der Waals surface area contributed by atoms with E-state index in [9.17, 15) is 18.8 Å². The highest BCUT2D eigenvalue weighted by Crippen LogP contribution is 2.31. The highest BCUT2D eigenvalue weighted by Gasteiger charge is 2.30. The largest absolute Gasteiger partial charge is 0.367 e. The van der Waals surface area contributed by atoms with Gasteiger partial charge < -0.3 is 25.8 Å². The minimum atomic E-state index is -0.331. The summed E-state index contributed by atoms with van der Waals surface area (Å²) in [5.74, 6) is -0.592. The standard InChI is InChI=1S/C26H32FN5O3/c1-17(2)29-26(35)32-13-11-31(12-14-32)23-10-9-21(30-24(33)19-5-6-19)15-22(23)25(34)28-16-18-3-7-20(27)8-4-18/h3-4,7-10,15,17,19H,5-6,11-14,16H2,1-2H3,(H,28,34)(H,29,35)(H,30,33). The van der Waals surface area contributed by atoms with Crippen LogP contribution in [-0.4, -0.2) is 55.0 Å². The summed E-state index contributed by atoms with van der Waals surface area (Å²) in [5, 5.41) is 8.73. The molecule has 0 radical (unpaired) electrons. The maximum absolute atomic E-state index is 13.2. The van der Waals surface area contributed by atoms with Gasteiger partial charge in [0, 0.05) is 56.1 Å². The number of piperazine rings is 1. The number of carbonyl (C=O) groups excluding carboxylic acids is 3. The van der Waals surface area contributed by atoms with Crippen molar-refractivity contribution in [3.8, 4) is 0 Å². The molecule has 8 nitrogen and oxygen atoms in total. The average Bonchev–Trinajstić information content (AvgIpc) is 3.69. The number of carbonyl (C=O) groups is 3. The van der Waals surface area contributed by atoms with E-state index in [2.05, 4.69) is 20.9 Å². The fourth-order valence-electron chi connectivity index (χ4n) is 4.03. The van der Waals surface area contributed by atoms with Gasteiger partial charge in [-0.15, -0.1) is 0 Å². The topological polar surface area (TPSA) is 93.8 Å². The van der Waals surface area contributed by atoms with Crippen LogP contribution >= 0.6 is 0 Å². The van der Waals surface area contributed by atoms with Gasteiger partial charge >= 0.3 is 6.03 Å². The molecule has 35 heavy (non-hydrogen) atoms. The third-order valence-corrected chi connectivity index (χ3v) is 6.14. The Morgan fingerprint density at radius 3 is 2.31 bits per heavy atom. The van der Waals surface area contributed by atoms with Crippen LogP contribution in [0.15, 0.2) is 42.5 Å². The van der Waals surface area contributed by atoms with Crippen molar-refractivity contribution >= 4 is 29.2 Å². The monoisotopic (exact) mass is 481 g/mol. The Bertz CT molecular complexity index is 1080. The van der Waals surface area contributed by atoms with Gasteiger partial charge in [0.2, 0.25) is 5.91 Å². The molecule has 3 N–H and O–H groups in total. The van der Waals surface area contributed by atoms with Crippen LogP contribution < -0.4 is 20.9 Å². The third kappa shape index (κ3) is 6.49. The van der Waals surface area contributed by atoms with Gasteiger partial charge in [0.05, 0.1) is 5.56 Å². The van der Waals surface area contributed by atoms with E-state index in [4.69, 9.17) is 0 Å². The van der Waals surface area contributed by atoms with E-state index in [0.717, 1.165) is 24.1 Å². The Morgan fingerprint density at radius 2 is 1.69 bits per heavy atom. The third-order valence-electron chi connectivity index (χ3n) is 6.14. The molecule has 0 spiro atoms. The lowest BCUT2D eigenvalue weighted by Gasteiger charge is -2.37. The second kappa shape index (κ2) is 10.8. The zero-order chi connectivity index (χ0) is 24.9. The lowest BCUT2D eigenvalue weighted by atomic mass is 10.1. The number of rotatable bonds is 7. The molecule has 0 atom stereocenters. The number of hydrogen-bond acceptors (Lipinski definition) is 4. The van der Waals surface area contributed by atoms with Crippen LogP contribution in [0.25, 0.3) is 0 Å². The van der Waals surface area contributed by atoms with E-state index < -0.39 is 0 Å². The average molecular weight is 482 g/mol. The molecule has 4 rings (SSSR count). The molecule has 1 aliphatic carbocycles. The molecular formula is C26H32FN5O3. The molecule has 1 heterocycles. The van der Waals surface area contributed by atoms with Crippen molar-refractivity contribution in [1.29, 1.82) is 0 Å². The normalized spacial score (nSPS) is 15.7. The summed E-state index contributed by atoms with van der Waals surface area (Å²) in [5.41, 5.74) is 2.55. The smallest absolute Gasteiger partial charge is 0.317 e. The number of hydrogen-bond donors (Lipinski definition) is 3. The molecule has 186 valence electrons. The van der Waals surface area contributed by atoms with Gasteiger partial charge in [0.25, 0.3) is 5.91 Å². The minimum Gasteiger partial charge on any atom is -0.367 e. The zero-order valence-corrected chi connectivity index (χ0v) is 20.1. The highest BCUT2D eigenvalue weighted by molar-refractivity contribution is 6.02. The molecule has 2 aliphatic rings. The van der Waals surface area contributed by atoms with Gasteiger partial charge in [-0.3, -0.25) is 9.59 Å². The Kier molecular flexibility index (Phi) is 7.53. The molecule has 1 aliphatic heterocycles. The maximum Gasteiger partial charge on any atom is 0.317 e. The van der Waals surface area contributed by atoms with Crippen LogP contribution in [0.3, 0.4) is 0 Å². The summed E-state index contributed by atoms with van der Waals surface area (Å²) in [6.07, 6.45) is 1.78. The van der Waals surface area contributed by atoms with E-state index in [-0.39, 0.29) is 42.2 Å². The molecule has 4 amide bonds. The number of nitrogens with one attached hydrogen (secondary N) is 3. The Balaban J connectivity index is 1.49. The highest BCUT2D eigenvalue weighted by atomic mass is 19.1. The van der Waals surface area contributed by atoms with Crippen LogP contribution in [0.5, 0.6) is 0 Å². The maximum atomic E-state index is 13.2. The van der Waals surface area contributed by atoms with Gasteiger partial charge in [-0.05, 0) is 62.6 Å². The second-order valence-electron chi connectivity index (χ2n) is 9.38. The first-order chi connectivity index (χ1) is 16.8. The molecule has 1 saturated heterocycles. The lowest BCUT2D eigenvalue weighted by molar-refractivity contribution is -0.117. The van der Waals surface area contributed by atoms with E-state index in [1.807, 2.05) is 26.0 Å². The summed E-state index contributed by atoms with van der Waals surface area (Å²) >= 11 is 0. The van der Waals surface area contributed by atoms with E-state index in [0.29, 0.717) is 37.4 Å². The van der Waals surface area contributed by atoms with Crippen LogP contribution in [0.1, 0.15) is 42.6 Å². The van der Waals surface area contributed by atoms with Crippen LogP contribution in [-0.2, 0) is 11.3 Å². The van der Waals surface area contributed by atoms with E-state index in [1.54, 1.807) is 23.1 Å². The van der Waals surface area contributed by atoms with E-state index >= 15 is 0 Å². The molecule has 2 aromatic rings. The first-order valence-corrected chi connectivity index (χ1v) is 12.1. The predicted octanol–water partition coefficient (Wildman–Crippen LogP) is 3.34. The van der Waals surface area contributed by atoms with Crippen molar-refractivity contribution in [2.45, 2.75) is 39.3 Å². The number of amides is 4. The fourth-order valence-corrected chi connectivity index (χ4v) is 4.03. The quantitative estimate of drug-likeness (QED) is 0.566. The Labute approximate surface area is 204 Å². The van der Waals surface area contributed by atoms with Gasteiger partial charge in [0.1, 0.15) is 5.82 Å². The summed E-state index contributed by atoms with van der Waals surface area (Å²) < 4.78 is 13.2. The van der Waals surface area contributed by atoms with Crippen LogP contribution in [0.4, 0.5) is 20.6 Å². The molecule has 0 unspecified atom stereocenters. The molecule has 2 fully saturated rings. The van der Waals surface area contributed by atoms with Crippen molar-refractivity contribution in [2.24, 2.45) is 5.92 Å². The second-order valence-corrected chi connectivity index (χ2v) is 9.38. The van der Waals surface area contributed by atoms with Gasteiger partial charge in [0.15, 0.2) is 0 Å². The van der Waals surface area contributed by atoms with Gasteiger partial charge in [-0.1, -0.05) is 12.1 Å². The minimum absolute atomic E-state index is 0.0276. The van der Waals surface area contributed by atoms with Crippen molar-refractivity contribution in [3.05, 3.63) is 59.4 Å². The van der Waals surface area contributed by atoms with Crippen LogP contribution in [0, 0.1) is 11.7 Å². The number of urea groups is 1. The van der Waals surface area contributed by atoms with Gasteiger partial charge in [-0.25, -0.2) is 9.18 Å². The van der Waals surface area contributed by atoms with E-state index in [1.165, 1.54) is 12.1 Å². The molecule has 2 aromatic carbocycles. The SMILES string of the molecule is CC(C)NC(=O)N1CCN(c2ccc(NC(=O)C3CC3)cc2C(=O)NCc2ccc(F)cc2)CC1. The summed E-state index contributed by atoms with van der Waals surface area (Å²) in [6.45, 7) is 6.34. The number of benzene rings is 2. The lowest BCUT2D eigenvalue weighted by Crippen LogP contribution is -2.53. The zero-order valence-electron chi connectivity index (χ0n) is 20.1. The van der Waals surface area contributed by atoms with Crippen molar-refractivity contribution in [2.75, 3.05) is 36.4 Å². The number of anilines is 2. The van der Waals surface area contributed by atoms with Crippen molar-refractivity contribution < 1.29 is 18.8 Å².